The number of hydrogen-bond donors (Lipinski definition) is 2. The van der Waals surface area contributed by atoms with E-state index < -0.39 is 0 Å². The van der Waals surface area contributed by atoms with Gasteiger partial charge in [0.1, 0.15) is 5.82 Å². The van der Waals surface area contributed by atoms with Crippen molar-refractivity contribution in [2.45, 2.75) is 47.1 Å². The average molecular weight is 403 g/mol. The van der Waals surface area contributed by atoms with Gasteiger partial charge in [0.15, 0.2) is 0 Å². The number of pyridine rings is 1. The van der Waals surface area contributed by atoms with Crippen LogP contribution < -0.4 is 5.32 Å². The zero-order valence-electron chi connectivity index (χ0n) is 18.7. The van der Waals surface area contributed by atoms with Crippen molar-refractivity contribution in [2.24, 2.45) is 23.7 Å². The molecule has 3 atom stereocenters. The van der Waals surface area contributed by atoms with Crippen LogP contribution in [0.2, 0.25) is 0 Å². The zero-order chi connectivity index (χ0) is 21.1. The Morgan fingerprint density at radius 1 is 1.13 bits per heavy atom. The van der Waals surface area contributed by atoms with E-state index in [-0.39, 0.29) is 0 Å². The molecular weight excluding hydrogens is 368 g/mol. The molecule has 0 saturated heterocycles. The Hall–Kier alpha value is -2.46. The summed E-state index contributed by atoms with van der Waals surface area (Å²) in [6.07, 6.45) is 8.49. The molecule has 0 unspecified atom stereocenters. The van der Waals surface area contributed by atoms with Gasteiger partial charge in [-0.2, -0.15) is 0 Å². The minimum Gasteiger partial charge on any atom is -0.342 e. The molecule has 4 nitrogen and oxygen atoms in total. The van der Waals surface area contributed by atoms with Crippen LogP contribution in [0.15, 0.2) is 54.4 Å². The smallest absolute Gasteiger partial charge is 0.107 e. The lowest BCUT2D eigenvalue weighted by Crippen LogP contribution is -2.34. The first-order valence-electron chi connectivity index (χ1n) is 11.2. The summed E-state index contributed by atoms with van der Waals surface area (Å²) in [5, 5.41) is 3.67. The number of allylic oxidation sites excluding steroid dienone is 1. The van der Waals surface area contributed by atoms with Gasteiger partial charge in [0.25, 0.3) is 0 Å². The maximum absolute atomic E-state index is 4.91. The lowest BCUT2D eigenvalue weighted by Gasteiger charge is -2.37. The van der Waals surface area contributed by atoms with Crippen LogP contribution in [-0.4, -0.2) is 21.5 Å². The molecular formula is C26H34N4. The van der Waals surface area contributed by atoms with E-state index >= 15 is 0 Å². The van der Waals surface area contributed by atoms with E-state index in [0.29, 0.717) is 23.7 Å². The van der Waals surface area contributed by atoms with Gasteiger partial charge in [0.05, 0.1) is 11.0 Å². The summed E-state index contributed by atoms with van der Waals surface area (Å²) in [5.41, 5.74) is 6.32. The minimum atomic E-state index is 0.565. The van der Waals surface area contributed by atoms with Crippen LogP contribution in [-0.2, 0) is 13.0 Å². The molecule has 3 aromatic rings. The summed E-state index contributed by atoms with van der Waals surface area (Å²) in [7, 11) is 0. The summed E-state index contributed by atoms with van der Waals surface area (Å²) < 4.78 is 0. The summed E-state index contributed by atoms with van der Waals surface area (Å²) in [4.78, 5) is 12.6. The first kappa shape index (κ1) is 20.8. The third kappa shape index (κ3) is 4.65. The first-order valence-corrected chi connectivity index (χ1v) is 11.2. The zero-order valence-corrected chi connectivity index (χ0v) is 18.7. The number of aromatic nitrogens is 3. The van der Waals surface area contributed by atoms with Gasteiger partial charge in [-0.1, -0.05) is 37.6 Å². The van der Waals surface area contributed by atoms with Gasteiger partial charge in [-0.05, 0) is 73.3 Å². The number of imidazole rings is 1. The number of nitrogens with one attached hydrogen (secondary N) is 2. The fourth-order valence-electron chi connectivity index (χ4n) is 4.95. The van der Waals surface area contributed by atoms with Crippen molar-refractivity contribution in [3.63, 3.8) is 0 Å². The number of fused-ring (bicyclic) bond motifs is 1. The minimum absolute atomic E-state index is 0.565. The normalized spacial score (nSPS) is 21.9. The highest BCUT2D eigenvalue weighted by Gasteiger charge is 2.31. The van der Waals surface area contributed by atoms with Crippen molar-refractivity contribution in [1.82, 2.24) is 20.3 Å². The Morgan fingerprint density at radius 2 is 1.93 bits per heavy atom. The van der Waals surface area contributed by atoms with Crippen LogP contribution in [0, 0.1) is 30.6 Å². The molecule has 0 aliphatic heterocycles. The van der Waals surface area contributed by atoms with Crippen LogP contribution >= 0.6 is 0 Å². The van der Waals surface area contributed by atoms with Crippen molar-refractivity contribution in [3.8, 4) is 0 Å². The van der Waals surface area contributed by atoms with Crippen LogP contribution in [0.5, 0.6) is 0 Å². The molecule has 30 heavy (non-hydrogen) atoms. The molecule has 0 spiro atoms. The van der Waals surface area contributed by atoms with E-state index in [2.05, 4.69) is 79.4 Å². The number of H-pyrrole nitrogens is 1. The van der Waals surface area contributed by atoms with Crippen LogP contribution in [0.4, 0.5) is 0 Å². The molecule has 0 fully saturated rings. The highest BCUT2D eigenvalue weighted by molar-refractivity contribution is 5.78. The molecule has 4 heteroatoms. The molecule has 0 amide bonds. The van der Waals surface area contributed by atoms with Crippen molar-refractivity contribution < 1.29 is 0 Å². The second-order valence-corrected chi connectivity index (χ2v) is 9.26. The lowest BCUT2D eigenvalue weighted by molar-refractivity contribution is 0.221. The van der Waals surface area contributed by atoms with Gasteiger partial charge in [0, 0.05) is 31.9 Å². The number of aryl methyl sites for hydroxylation is 1. The molecule has 1 aliphatic rings. The van der Waals surface area contributed by atoms with Gasteiger partial charge < -0.3 is 10.3 Å². The van der Waals surface area contributed by atoms with Crippen molar-refractivity contribution in [3.05, 3.63) is 71.3 Å². The lowest BCUT2D eigenvalue weighted by atomic mass is 9.70. The molecule has 158 valence electrons. The monoisotopic (exact) mass is 402 g/mol. The van der Waals surface area contributed by atoms with E-state index in [0.717, 1.165) is 36.4 Å². The number of benzene rings is 1. The molecule has 0 radical (unpaired) electrons. The van der Waals surface area contributed by atoms with Crippen LogP contribution in [0.1, 0.15) is 44.1 Å². The standard InChI is InChI=1S/C26H34N4/c1-17(2)23-13-21(14-25-29-24-7-5-6-18(3)26(24)30-25)19(4)12-22(23)16-28-15-20-8-10-27-11-9-20/h5-12,17,21-23,28H,13-16H2,1-4H3,(H,29,30)/t21-,22-,23-/m0/s1. The molecule has 2 aromatic heterocycles. The molecule has 4 rings (SSSR count). The Kier molecular flexibility index (Phi) is 6.33. The predicted molar refractivity (Wildman–Crippen MR) is 124 cm³/mol. The fraction of sp³-hybridized carbons (Fsp3) is 0.462. The third-order valence-electron chi connectivity index (χ3n) is 6.75. The van der Waals surface area contributed by atoms with E-state index in [1.807, 2.05) is 12.4 Å². The molecule has 0 bridgehead atoms. The van der Waals surface area contributed by atoms with Gasteiger partial charge in [-0.25, -0.2) is 4.98 Å². The second kappa shape index (κ2) is 9.13. The van der Waals surface area contributed by atoms with Gasteiger partial charge >= 0.3 is 0 Å². The number of nitrogens with zero attached hydrogens (tertiary/aromatic N) is 2. The number of rotatable bonds is 7. The van der Waals surface area contributed by atoms with Crippen LogP contribution in [0.3, 0.4) is 0 Å². The third-order valence-corrected chi connectivity index (χ3v) is 6.75. The summed E-state index contributed by atoms with van der Waals surface area (Å²) in [5.74, 6) is 3.63. The molecule has 2 N–H and O–H groups in total. The second-order valence-electron chi connectivity index (χ2n) is 9.26. The van der Waals surface area contributed by atoms with Gasteiger partial charge in [-0.3, -0.25) is 4.98 Å². The SMILES string of the molecule is CC1=C[C@@H](CNCc2ccncc2)[C@H](C(C)C)C[C@H]1Cc1nc2c(C)cccc2[nH]1. The number of hydrogen-bond acceptors (Lipinski definition) is 3. The topological polar surface area (TPSA) is 53.6 Å². The van der Waals surface area contributed by atoms with Crippen molar-refractivity contribution in [1.29, 1.82) is 0 Å². The van der Waals surface area contributed by atoms with E-state index in [9.17, 15) is 0 Å². The van der Waals surface area contributed by atoms with E-state index in [4.69, 9.17) is 4.98 Å². The summed E-state index contributed by atoms with van der Waals surface area (Å²) in [6.45, 7) is 11.1. The Morgan fingerprint density at radius 3 is 2.67 bits per heavy atom. The van der Waals surface area contributed by atoms with E-state index in [1.165, 1.54) is 23.1 Å². The molecule has 0 saturated carbocycles. The van der Waals surface area contributed by atoms with Gasteiger partial charge in [0.2, 0.25) is 0 Å². The van der Waals surface area contributed by atoms with Gasteiger partial charge in [-0.15, -0.1) is 0 Å². The predicted octanol–water partition coefficient (Wildman–Crippen LogP) is 5.45. The first-order chi connectivity index (χ1) is 14.5. The summed E-state index contributed by atoms with van der Waals surface area (Å²) >= 11 is 0. The Bertz CT molecular complexity index is 1000. The molecule has 1 aromatic carbocycles. The largest absolute Gasteiger partial charge is 0.342 e. The van der Waals surface area contributed by atoms with E-state index in [1.54, 1.807) is 0 Å². The van der Waals surface area contributed by atoms with Crippen molar-refractivity contribution in [2.75, 3.05) is 6.54 Å². The highest BCUT2D eigenvalue weighted by Crippen LogP contribution is 2.38. The van der Waals surface area contributed by atoms with Crippen LogP contribution in [0.25, 0.3) is 11.0 Å². The fourth-order valence-corrected chi connectivity index (χ4v) is 4.95. The maximum atomic E-state index is 4.91. The number of para-hydroxylation sites is 1. The van der Waals surface area contributed by atoms with Crippen molar-refractivity contribution >= 4 is 11.0 Å². The Labute approximate surface area is 180 Å². The maximum Gasteiger partial charge on any atom is 0.107 e. The Balaban J connectivity index is 1.45. The highest BCUT2D eigenvalue weighted by atomic mass is 14.9. The average Bonchev–Trinajstić information content (AvgIpc) is 3.14. The number of aromatic amines is 1. The summed E-state index contributed by atoms with van der Waals surface area (Å²) in [6, 6.07) is 10.5. The quantitative estimate of drug-likeness (QED) is 0.517. The molecule has 2 heterocycles. The molecule has 1 aliphatic carbocycles.